The van der Waals surface area contributed by atoms with Gasteiger partial charge in [0.25, 0.3) is 0 Å². The summed E-state index contributed by atoms with van der Waals surface area (Å²) in [5.74, 6) is 0. The molecule has 112 valence electrons. The molecule has 1 aliphatic carbocycles. The van der Waals surface area contributed by atoms with Gasteiger partial charge in [-0.15, -0.1) is 0 Å². The number of benzene rings is 3. The summed E-state index contributed by atoms with van der Waals surface area (Å²) < 4.78 is 0. The van der Waals surface area contributed by atoms with Gasteiger partial charge in [0.05, 0.1) is 0 Å². The maximum atomic E-state index is 2.40. The minimum Gasteiger partial charge on any atom is -0.0622 e. The van der Waals surface area contributed by atoms with Crippen LogP contribution >= 0.6 is 0 Å². The van der Waals surface area contributed by atoms with Crippen molar-refractivity contribution in [3.63, 3.8) is 0 Å². The second-order valence-electron chi connectivity index (χ2n) is 6.36. The predicted octanol–water partition coefficient (Wildman–Crippen LogP) is 6.07. The maximum Gasteiger partial charge on any atom is -0.00132 e. The highest BCUT2D eigenvalue weighted by Gasteiger charge is 2.19. The number of rotatable bonds is 2. The van der Waals surface area contributed by atoms with E-state index >= 15 is 0 Å². The summed E-state index contributed by atoms with van der Waals surface area (Å²) in [6, 6.07) is 23.9. The van der Waals surface area contributed by atoms with Crippen molar-refractivity contribution in [3.8, 4) is 11.1 Å². The van der Waals surface area contributed by atoms with E-state index in [1.165, 1.54) is 44.5 Å². The third kappa shape index (κ3) is 2.41. The van der Waals surface area contributed by atoms with Gasteiger partial charge in [0.2, 0.25) is 0 Å². The molecule has 0 radical (unpaired) electrons. The van der Waals surface area contributed by atoms with E-state index in [2.05, 4.69) is 86.7 Å². The summed E-state index contributed by atoms with van der Waals surface area (Å²) in [4.78, 5) is 0. The Hall–Kier alpha value is -2.60. The summed E-state index contributed by atoms with van der Waals surface area (Å²) >= 11 is 0. The van der Waals surface area contributed by atoms with Crippen LogP contribution in [0.1, 0.15) is 27.8 Å². The van der Waals surface area contributed by atoms with Gasteiger partial charge in [0.15, 0.2) is 0 Å². The number of hydrogen-bond donors (Lipinski definition) is 0. The molecule has 0 amide bonds. The van der Waals surface area contributed by atoms with E-state index in [1.54, 1.807) is 0 Å². The molecular weight excluding hydrogens is 276 g/mol. The van der Waals surface area contributed by atoms with Gasteiger partial charge >= 0.3 is 0 Å². The van der Waals surface area contributed by atoms with Crippen LogP contribution in [0.2, 0.25) is 0 Å². The second-order valence-corrected chi connectivity index (χ2v) is 6.36. The molecule has 4 rings (SSSR count). The standard InChI is InChI=1S/C23H20/c1-16-8-6-9-17(2)23(16)20-14-19-12-7-13-21(22(19)15-20)18-10-4-3-5-11-18/h3-13,15H,14H2,1-2H3. The van der Waals surface area contributed by atoms with E-state index in [-0.39, 0.29) is 0 Å². The van der Waals surface area contributed by atoms with Crippen molar-refractivity contribution >= 4 is 11.6 Å². The van der Waals surface area contributed by atoms with Crippen LogP contribution in [0.3, 0.4) is 0 Å². The third-order valence-electron chi connectivity index (χ3n) is 4.78. The Morgan fingerprint density at radius 2 is 1.39 bits per heavy atom. The van der Waals surface area contributed by atoms with Crippen LogP contribution in [0.4, 0.5) is 0 Å². The van der Waals surface area contributed by atoms with Crippen molar-refractivity contribution in [3.05, 3.63) is 94.5 Å². The molecule has 0 aromatic heterocycles. The van der Waals surface area contributed by atoms with E-state index < -0.39 is 0 Å². The van der Waals surface area contributed by atoms with Crippen molar-refractivity contribution in [2.45, 2.75) is 20.3 Å². The van der Waals surface area contributed by atoms with Gasteiger partial charge in [-0.3, -0.25) is 0 Å². The first kappa shape index (κ1) is 14.0. The molecule has 0 heteroatoms. The Labute approximate surface area is 138 Å². The number of hydrogen-bond acceptors (Lipinski definition) is 0. The van der Waals surface area contributed by atoms with Crippen molar-refractivity contribution in [1.82, 2.24) is 0 Å². The Bertz CT molecular complexity index is 878. The Kier molecular flexibility index (Phi) is 3.38. The van der Waals surface area contributed by atoms with Crippen LogP contribution in [0.15, 0.2) is 66.7 Å². The molecule has 0 aliphatic heterocycles. The fourth-order valence-electron chi connectivity index (χ4n) is 3.72. The minimum atomic E-state index is 1.03. The number of aryl methyl sites for hydroxylation is 2. The third-order valence-corrected chi connectivity index (χ3v) is 4.78. The zero-order chi connectivity index (χ0) is 15.8. The van der Waals surface area contributed by atoms with Crippen LogP contribution in [0, 0.1) is 13.8 Å². The van der Waals surface area contributed by atoms with Crippen LogP contribution in [0.5, 0.6) is 0 Å². The predicted molar refractivity (Wildman–Crippen MR) is 99.4 cm³/mol. The molecule has 0 saturated carbocycles. The Balaban J connectivity index is 1.86. The molecule has 0 heterocycles. The highest BCUT2D eigenvalue weighted by Crippen LogP contribution is 2.39. The first-order valence-corrected chi connectivity index (χ1v) is 8.18. The zero-order valence-corrected chi connectivity index (χ0v) is 13.6. The monoisotopic (exact) mass is 296 g/mol. The molecule has 3 aromatic rings. The first-order chi connectivity index (χ1) is 11.2. The van der Waals surface area contributed by atoms with Gasteiger partial charge in [-0.1, -0.05) is 66.7 Å². The van der Waals surface area contributed by atoms with Gasteiger partial charge in [-0.2, -0.15) is 0 Å². The molecule has 0 saturated heterocycles. The molecule has 0 bridgehead atoms. The molecule has 23 heavy (non-hydrogen) atoms. The van der Waals surface area contributed by atoms with E-state index in [4.69, 9.17) is 0 Å². The van der Waals surface area contributed by atoms with Gasteiger partial charge in [-0.25, -0.2) is 0 Å². The summed E-state index contributed by atoms with van der Waals surface area (Å²) in [5.41, 5.74) is 11.0. The van der Waals surface area contributed by atoms with Crippen LogP contribution in [0.25, 0.3) is 22.8 Å². The maximum absolute atomic E-state index is 2.40. The highest BCUT2D eigenvalue weighted by atomic mass is 14.2. The lowest BCUT2D eigenvalue weighted by Gasteiger charge is -2.10. The lowest BCUT2D eigenvalue weighted by atomic mass is 9.94. The average Bonchev–Trinajstić information content (AvgIpc) is 2.99. The van der Waals surface area contributed by atoms with Gasteiger partial charge in [-0.05, 0) is 70.9 Å². The SMILES string of the molecule is Cc1cccc(C)c1C1=Cc2c(cccc2-c2ccccc2)C1. The molecule has 0 spiro atoms. The van der Waals surface area contributed by atoms with E-state index in [9.17, 15) is 0 Å². The van der Waals surface area contributed by atoms with Crippen LogP contribution in [-0.2, 0) is 6.42 Å². The van der Waals surface area contributed by atoms with Crippen molar-refractivity contribution in [2.24, 2.45) is 0 Å². The molecule has 0 nitrogen and oxygen atoms in total. The summed E-state index contributed by atoms with van der Waals surface area (Å²) in [6.45, 7) is 4.43. The normalized spacial score (nSPS) is 12.9. The lowest BCUT2D eigenvalue weighted by molar-refractivity contribution is 1.26. The van der Waals surface area contributed by atoms with Crippen LogP contribution in [-0.4, -0.2) is 0 Å². The van der Waals surface area contributed by atoms with Gasteiger partial charge < -0.3 is 0 Å². The average molecular weight is 296 g/mol. The topological polar surface area (TPSA) is 0 Å². The quantitative estimate of drug-likeness (QED) is 0.538. The molecule has 0 atom stereocenters. The fraction of sp³-hybridized carbons (Fsp3) is 0.130. The molecule has 1 aliphatic rings. The summed E-state index contributed by atoms with van der Waals surface area (Å²) in [5, 5.41) is 0. The lowest BCUT2D eigenvalue weighted by Crippen LogP contribution is -1.93. The fourth-order valence-corrected chi connectivity index (χ4v) is 3.72. The smallest absolute Gasteiger partial charge is 0.00132 e. The molecule has 3 aromatic carbocycles. The first-order valence-electron chi connectivity index (χ1n) is 8.18. The summed E-state index contributed by atoms with van der Waals surface area (Å²) in [7, 11) is 0. The Morgan fingerprint density at radius 1 is 0.696 bits per heavy atom. The largest absolute Gasteiger partial charge is 0.0622 e. The van der Waals surface area contributed by atoms with Crippen molar-refractivity contribution < 1.29 is 0 Å². The molecule has 0 fully saturated rings. The van der Waals surface area contributed by atoms with Gasteiger partial charge in [0, 0.05) is 0 Å². The van der Waals surface area contributed by atoms with E-state index in [0.717, 1.165) is 6.42 Å². The van der Waals surface area contributed by atoms with Crippen LogP contribution < -0.4 is 0 Å². The second kappa shape index (κ2) is 5.55. The summed E-state index contributed by atoms with van der Waals surface area (Å²) in [6.07, 6.45) is 3.43. The van der Waals surface area contributed by atoms with Gasteiger partial charge in [0.1, 0.15) is 0 Å². The zero-order valence-electron chi connectivity index (χ0n) is 13.6. The van der Waals surface area contributed by atoms with E-state index in [0.29, 0.717) is 0 Å². The molecular formula is C23H20. The molecule has 0 unspecified atom stereocenters. The molecule has 0 N–H and O–H groups in total. The van der Waals surface area contributed by atoms with Crippen molar-refractivity contribution in [1.29, 1.82) is 0 Å². The number of fused-ring (bicyclic) bond motifs is 1. The minimum absolute atomic E-state index is 1.03. The highest BCUT2D eigenvalue weighted by molar-refractivity contribution is 5.95. The number of allylic oxidation sites excluding steroid dienone is 1. The Morgan fingerprint density at radius 3 is 2.13 bits per heavy atom. The van der Waals surface area contributed by atoms with Crippen molar-refractivity contribution in [2.75, 3.05) is 0 Å². The van der Waals surface area contributed by atoms with E-state index in [1.807, 2.05) is 0 Å².